The summed E-state index contributed by atoms with van der Waals surface area (Å²) in [6.45, 7) is 0. The normalized spacial score (nSPS) is 10.9. The summed E-state index contributed by atoms with van der Waals surface area (Å²) in [6.07, 6.45) is 3.44. The van der Waals surface area contributed by atoms with E-state index in [1.165, 1.54) is 0 Å². The maximum absolute atomic E-state index is 6.00. The monoisotopic (exact) mass is 273 g/mol. The molecule has 96 valence electrons. The topological polar surface area (TPSA) is 46.3 Å². The number of halogens is 1. The predicted molar refractivity (Wildman–Crippen MR) is 75.6 cm³/mol. The number of hydrogen-bond acceptors (Lipinski definition) is 4. The summed E-state index contributed by atoms with van der Waals surface area (Å²) in [5.74, 6) is 0.753. The molecule has 0 atom stereocenters. The Morgan fingerprint density at radius 3 is 2.84 bits per heavy atom. The Morgan fingerprint density at radius 2 is 2.05 bits per heavy atom. The molecule has 0 spiro atoms. The van der Waals surface area contributed by atoms with Crippen molar-refractivity contribution in [1.82, 2.24) is 19.6 Å². The highest BCUT2D eigenvalue weighted by atomic mass is 35.5. The van der Waals surface area contributed by atoms with E-state index >= 15 is 0 Å². The van der Waals surface area contributed by atoms with Gasteiger partial charge in [0, 0.05) is 37.7 Å². The third-order valence-corrected chi connectivity index (χ3v) is 3.17. The van der Waals surface area contributed by atoms with Gasteiger partial charge in [-0.25, -0.2) is 4.98 Å². The van der Waals surface area contributed by atoms with Crippen LogP contribution in [0.15, 0.2) is 36.7 Å². The molecule has 0 N–H and O–H groups in total. The minimum atomic E-state index is 0.352. The maximum atomic E-state index is 6.00. The molecule has 3 rings (SSSR count). The van der Waals surface area contributed by atoms with Gasteiger partial charge in [-0.05, 0) is 12.1 Å². The molecule has 2 aromatic heterocycles. The first-order valence-electron chi connectivity index (χ1n) is 5.80. The van der Waals surface area contributed by atoms with Crippen LogP contribution in [0.1, 0.15) is 0 Å². The van der Waals surface area contributed by atoms with Crippen LogP contribution < -0.4 is 4.90 Å². The Labute approximate surface area is 115 Å². The summed E-state index contributed by atoms with van der Waals surface area (Å²) in [6, 6.07) is 8.10. The number of hydrogen-bond donors (Lipinski definition) is 0. The van der Waals surface area contributed by atoms with Gasteiger partial charge in [0.05, 0.1) is 0 Å². The van der Waals surface area contributed by atoms with Gasteiger partial charge in [-0.2, -0.15) is 0 Å². The van der Waals surface area contributed by atoms with Crippen LogP contribution in [0.4, 0.5) is 5.69 Å². The van der Waals surface area contributed by atoms with E-state index in [0.29, 0.717) is 10.8 Å². The maximum Gasteiger partial charge on any atom is 0.198 e. The van der Waals surface area contributed by atoms with Crippen molar-refractivity contribution in [3.05, 3.63) is 41.8 Å². The Bertz CT molecular complexity index is 735. The second-order valence-corrected chi connectivity index (χ2v) is 4.74. The van der Waals surface area contributed by atoms with Crippen molar-refractivity contribution in [2.75, 3.05) is 19.0 Å². The third kappa shape index (κ3) is 2.02. The van der Waals surface area contributed by atoms with E-state index in [4.69, 9.17) is 11.6 Å². The minimum Gasteiger partial charge on any atom is -0.378 e. The molecule has 0 saturated heterocycles. The quantitative estimate of drug-likeness (QED) is 0.720. The summed E-state index contributed by atoms with van der Waals surface area (Å²) < 4.78 is 1.84. The molecular formula is C13H12ClN5. The molecule has 2 heterocycles. The Hall–Kier alpha value is -2.14. The van der Waals surface area contributed by atoms with Crippen LogP contribution in [-0.2, 0) is 0 Å². The Morgan fingerprint density at radius 1 is 1.21 bits per heavy atom. The van der Waals surface area contributed by atoms with Gasteiger partial charge >= 0.3 is 0 Å². The molecule has 0 aliphatic carbocycles. The van der Waals surface area contributed by atoms with E-state index in [0.717, 1.165) is 17.1 Å². The second kappa shape index (κ2) is 4.51. The van der Waals surface area contributed by atoms with Crippen LogP contribution in [0.5, 0.6) is 0 Å². The van der Waals surface area contributed by atoms with Crippen LogP contribution in [-0.4, -0.2) is 33.7 Å². The van der Waals surface area contributed by atoms with Gasteiger partial charge in [-0.15, -0.1) is 10.2 Å². The van der Waals surface area contributed by atoms with E-state index in [2.05, 4.69) is 21.2 Å². The van der Waals surface area contributed by atoms with E-state index in [1.54, 1.807) is 12.4 Å². The zero-order valence-corrected chi connectivity index (χ0v) is 11.3. The SMILES string of the molecule is CN(C)c1cccc(-c2nnc3c(Cl)nccn23)c1. The van der Waals surface area contributed by atoms with Gasteiger partial charge < -0.3 is 4.90 Å². The Balaban J connectivity index is 2.19. The van der Waals surface area contributed by atoms with Gasteiger partial charge in [0.25, 0.3) is 0 Å². The van der Waals surface area contributed by atoms with E-state index in [9.17, 15) is 0 Å². The van der Waals surface area contributed by atoms with E-state index in [1.807, 2.05) is 41.6 Å². The van der Waals surface area contributed by atoms with Gasteiger partial charge in [0.1, 0.15) is 0 Å². The van der Waals surface area contributed by atoms with Crippen molar-refractivity contribution in [2.24, 2.45) is 0 Å². The zero-order valence-electron chi connectivity index (χ0n) is 10.6. The van der Waals surface area contributed by atoms with Crippen molar-refractivity contribution >= 4 is 22.9 Å². The third-order valence-electron chi connectivity index (χ3n) is 2.90. The summed E-state index contributed by atoms with van der Waals surface area (Å²) in [5, 5.41) is 8.62. The highest BCUT2D eigenvalue weighted by Gasteiger charge is 2.11. The average Bonchev–Trinajstić information content (AvgIpc) is 2.84. The van der Waals surface area contributed by atoms with Crippen molar-refractivity contribution in [1.29, 1.82) is 0 Å². The largest absolute Gasteiger partial charge is 0.378 e. The van der Waals surface area contributed by atoms with Crippen LogP contribution >= 0.6 is 11.6 Å². The lowest BCUT2D eigenvalue weighted by molar-refractivity contribution is 1.10. The summed E-state index contributed by atoms with van der Waals surface area (Å²) in [4.78, 5) is 6.04. The molecule has 0 fully saturated rings. The zero-order chi connectivity index (χ0) is 13.4. The molecule has 0 radical (unpaired) electrons. The molecule has 0 aliphatic heterocycles. The second-order valence-electron chi connectivity index (χ2n) is 4.38. The summed E-state index contributed by atoms with van der Waals surface area (Å²) in [7, 11) is 4.00. The van der Waals surface area contributed by atoms with Crippen LogP contribution in [0.3, 0.4) is 0 Å². The highest BCUT2D eigenvalue weighted by Crippen LogP contribution is 2.24. The lowest BCUT2D eigenvalue weighted by atomic mass is 10.2. The molecule has 6 heteroatoms. The molecule has 0 aliphatic rings. The first-order valence-corrected chi connectivity index (χ1v) is 6.17. The van der Waals surface area contributed by atoms with Crippen molar-refractivity contribution < 1.29 is 0 Å². The number of benzene rings is 1. The number of nitrogens with zero attached hydrogens (tertiary/aromatic N) is 5. The van der Waals surface area contributed by atoms with Crippen molar-refractivity contribution in [2.45, 2.75) is 0 Å². The molecule has 0 unspecified atom stereocenters. The molecule has 5 nitrogen and oxygen atoms in total. The fourth-order valence-corrected chi connectivity index (χ4v) is 2.10. The fourth-order valence-electron chi connectivity index (χ4n) is 1.92. The first kappa shape index (κ1) is 11.9. The van der Waals surface area contributed by atoms with Gasteiger partial charge in [0.15, 0.2) is 16.6 Å². The lowest BCUT2D eigenvalue weighted by Crippen LogP contribution is -2.08. The first-order chi connectivity index (χ1) is 9.16. The van der Waals surface area contributed by atoms with E-state index in [-0.39, 0.29) is 0 Å². The molecule has 0 amide bonds. The van der Waals surface area contributed by atoms with Crippen molar-refractivity contribution in [3.8, 4) is 11.4 Å². The van der Waals surface area contributed by atoms with Crippen LogP contribution in [0, 0.1) is 0 Å². The van der Waals surface area contributed by atoms with Crippen molar-refractivity contribution in [3.63, 3.8) is 0 Å². The van der Waals surface area contributed by atoms with E-state index < -0.39 is 0 Å². The fraction of sp³-hybridized carbons (Fsp3) is 0.154. The average molecular weight is 274 g/mol. The Kier molecular flexibility index (Phi) is 2.83. The molecule has 0 saturated carbocycles. The minimum absolute atomic E-state index is 0.352. The van der Waals surface area contributed by atoms with Gasteiger partial charge in [-0.3, -0.25) is 4.40 Å². The molecular weight excluding hydrogens is 262 g/mol. The molecule has 1 aromatic carbocycles. The number of fused-ring (bicyclic) bond motifs is 1. The highest BCUT2D eigenvalue weighted by molar-refractivity contribution is 6.32. The number of rotatable bonds is 2. The standard InChI is InChI=1S/C13H12ClN5/c1-18(2)10-5-3-4-9(8-10)12-16-17-13-11(14)15-6-7-19(12)13/h3-8H,1-2H3. The summed E-state index contributed by atoms with van der Waals surface area (Å²) >= 11 is 6.00. The van der Waals surface area contributed by atoms with Crippen LogP contribution in [0.2, 0.25) is 5.15 Å². The van der Waals surface area contributed by atoms with Crippen LogP contribution in [0.25, 0.3) is 17.0 Å². The number of aromatic nitrogens is 4. The summed E-state index contributed by atoms with van der Waals surface area (Å²) in [5.41, 5.74) is 2.66. The predicted octanol–water partition coefficient (Wildman–Crippen LogP) is 2.51. The lowest BCUT2D eigenvalue weighted by Gasteiger charge is -2.12. The smallest absolute Gasteiger partial charge is 0.198 e. The molecule has 19 heavy (non-hydrogen) atoms. The van der Waals surface area contributed by atoms with Gasteiger partial charge in [0.2, 0.25) is 0 Å². The number of anilines is 1. The van der Waals surface area contributed by atoms with Gasteiger partial charge in [-0.1, -0.05) is 23.7 Å². The molecule has 0 bridgehead atoms. The molecule has 3 aromatic rings.